The lowest BCUT2D eigenvalue weighted by Crippen LogP contribution is -2.48. The fraction of sp³-hybridized carbons (Fsp3) is 0.333. The van der Waals surface area contributed by atoms with Gasteiger partial charge in [0.25, 0.3) is 5.91 Å². The first kappa shape index (κ1) is 12.4. The summed E-state index contributed by atoms with van der Waals surface area (Å²) in [5.41, 5.74) is 2.43. The van der Waals surface area contributed by atoms with Gasteiger partial charge >= 0.3 is 5.97 Å². The van der Waals surface area contributed by atoms with Crippen molar-refractivity contribution in [2.75, 3.05) is 0 Å². The number of carboxylic acids is 1. The van der Waals surface area contributed by atoms with Crippen molar-refractivity contribution in [2.24, 2.45) is 0 Å². The zero-order valence-electron chi connectivity index (χ0n) is 10.8. The van der Waals surface area contributed by atoms with Gasteiger partial charge in [-0.3, -0.25) is 9.89 Å². The second-order valence-electron chi connectivity index (χ2n) is 4.76. The highest BCUT2D eigenvalue weighted by molar-refractivity contribution is 5.95. The van der Waals surface area contributed by atoms with Crippen molar-refractivity contribution in [3.63, 3.8) is 0 Å². The van der Waals surface area contributed by atoms with Gasteiger partial charge in [0, 0.05) is 12.1 Å². The molecule has 8 heteroatoms. The Kier molecular flexibility index (Phi) is 2.78. The van der Waals surface area contributed by atoms with E-state index in [9.17, 15) is 14.7 Å². The number of hydrogen-bond donors (Lipinski definition) is 3. The van der Waals surface area contributed by atoms with Crippen LogP contribution in [0.3, 0.4) is 0 Å². The van der Waals surface area contributed by atoms with E-state index in [0.717, 1.165) is 11.4 Å². The number of aromatic amines is 2. The minimum Gasteiger partial charge on any atom is -0.480 e. The van der Waals surface area contributed by atoms with Gasteiger partial charge in [0.2, 0.25) is 0 Å². The van der Waals surface area contributed by atoms with Gasteiger partial charge in [-0.25, -0.2) is 9.78 Å². The quantitative estimate of drug-likeness (QED) is 0.718. The lowest BCUT2D eigenvalue weighted by Gasteiger charge is -2.31. The first-order valence-corrected chi connectivity index (χ1v) is 6.13. The van der Waals surface area contributed by atoms with Gasteiger partial charge in [0.15, 0.2) is 0 Å². The first-order valence-electron chi connectivity index (χ1n) is 6.13. The highest BCUT2D eigenvalue weighted by Gasteiger charge is 2.36. The third-order valence-corrected chi connectivity index (χ3v) is 3.37. The molecule has 3 rings (SSSR count). The molecule has 1 atom stereocenters. The number of carboxylic acid groups (broad SMARTS) is 1. The highest BCUT2D eigenvalue weighted by atomic mass is 16.4. The SMILES string of the molecule is Cc1cc(C(=O)N2Cc3[nH]cnc3CC2C(=O)O)n[nH]1. The maximum atomic E-state index is 12.4. The predicted molar refractivity (Wildman–Crippen MR) is 66.9 cm³/mol. The molecule has 3 heterocycles. The Hall–Kier alpha value is -2.64. The van der Waals surface area contributed by atoms with Crippen molar-refractivity contribution < 1.29 is 14.7 Å². The molecule has 0 saturated heterocycles. The van der Waals surface area contributed by atoms with Crippen LogP contribution in [0.5, 0.6) is 0 Å². The molecular formula is C12H13N5O3. The third-order valence-electron chi connectivity index (χ3n) is 3.37. The normalized spacial score (nSPS) is 17.9. The van der Waals surface area contributed by atoms with E-state index < -0.39 is 17.9 Å². The lowest BCUT2D eigenvalue weighted by molar-refractivity contribution is -0.142. The Balaban J connectivity index is 1.94. The predicted octanol–water partition coefficient (Wildman–Crippen LogP) is 0.0929. The Labute approximate surface area is 113 Å². The van der Waals surface area contributed by atoms with Crippen molar-refractivity contribution in [2.45, 2.75) is 25.9 Å². The maximum absolute atomic E-state index is 12.4. The number of aliphatic carboxylic acids is 1. The number of H-pyrrole nitrogens is 2. The second kappa shape index (κ2) is 4.48. The van der Waals surface area contributed by atoms with Crippen molar-refractivity contribution in [1.82, 2.24) is 25.1 Å². The molecule has 1 aliphatic rings. The Morgan fingerprint density at radius 3 is 2.95 bits per heavy atom. The molecule has 20 heavy (non-hydrogen) atoms. The summed E-state index contributed by atoms with van der Waals surface area (Å²) in [4.78, 5) is 32.1. The van der Waals surface area contributed by atoms with Gasteiger partial charge in [0.05, 0.1) is 24.3 Å². The largest absolute Gasteiger partial charge is 0.480 e. The summed E-state index contributed by atoms with van der Waals surface area (Å²) in [6.45, 7) is 1.97. The number of imidazole rings is 1. The zero-order valence-corrected chi connectivity index (χ0v) is 10.8. The molecule has 0 bridgehead atoms. The van der Waals surface area contributed by atoms with E-state index in [1.165, 1.54) is 11.2 Å². The minimum absolute atomic E-state index is 0.192. The maximum Gasteiger partial charge on any atom is 0.326 e. The number of nitrogens with one attached hydrogen (secondary N) is 2. The summed E-state index contributed by atoms with van der Waals surface area (Å²) in [5, 5.41) is 15.9. The van der Waals surface area contributed by atoms with Crippen LogP contribution in [0.15, 0.2) is 12.4 Å². The number of carbonyl (C=O) groups is 2. The molecule has 8 nitrogen and oxygen atoms in total. The third kappa shape index (κ3) is 1.94. The van der Waals surface area contributed by atoms with Crippen LogP contribution < -0.4 is 0 Å². The number of hydrogen-bond acceptors (Lipinski definition) is 4. The Morgan fingerprint density at radius 1 is 1.50 bits per heavy atom. The lowest BCUT2D eigenvalue weighted by atomic mass is 10.0. The molecule has 1 aliphatic heterocycles. The van der Waals surface area contributed by atoms with Crippen LogP contribution in [0.1, 0.15) is 27.6 Å². The number of aryl methyl sites for hydroxylation is 1. The first-order chi connectivity index (χ1) is 9.56. The van der Waals surface area contributed by atoms with Gasteiger partial charge in [-0.05, 0) is 13.0 Å². The van der Waals surface area contributed by atoms with Crippen LogP contribution in [0.2, 0.25) is 0 Å². The molecule has 1 unspecified atom stereocenters. The smallest absolute Gasteiger partial charge is 0.326 e. The van der Waals surface area contributed by atoms with Crippen LogP contribution in [0, 0.1) is 6.92 Å². The molecule has 2 aromatic rings. The Bertz CT molecular complexity index is 674. The van der Waals surface area contributed by atoms with E-state index in [1.807, 2.05) is 0 Å². The molecule has 0 radical (unpaired) electrons. The van der Waals surface area contributed by atoms with E-state index in [0.29, 0.717) is 5.69 Å². The number of amides is 1. The number of fused-ring (bicyclic) bond motifs is 1. The molecule has 0 aliphatic carbocycles. The van der Waals surface area contributed by atoms with Gasteiger partial charge in [-0.15, -0.1) is 0 Å². The number of carbonyl (C=O) groups excluding carboxylic acids is 1. The fourth-order valence-corrected chi connectivity index (χ4v) is 2.34. The van der Waals surface area contributed by atoms with Crippen LogP contribution >= 0.6 is 0 Å². The summed E-state index contributed by atoms with van der Waals surface area (Å²) in [7, 11) is 0. The molecule has 2 aromatic heterocycles. The van der Waals surface area contributed by atoms with Gasteiger partial charge < -0.3 is 15.0 Å². The number of nitrogens with zero attached hydrogens (tertiary/aromatic N) is 3. The second-order valence-corrected chi connectivity index (χ2v) is 4.76. The summed E-state index contributed by atoms with van der Waals surface area (Å²) in [6.07, 6.45) is 1.71. The van der Waals surface area contributed by atoms with Crippen LogP contribution in [-0.2, 0) is 17.8 Å². The minimum atomic E-state index is -1.04. The molecule has 1 amide bonds. The monoisotopic (exact) mass is 275 g/mol. The molecular weight excluding hydrogens is 262 g/mol. The van der Waals surface area contributed by atoms with Crippen molar-refractivity contribution in [3.8, 4) is 0 Å². The molecule has 3 N–H and O–H groups in total. The molecule has 0 fully saturated rings. The van der Waals surface area contributed by atoms with Crippen molar-refractivity contribution >= 4 is 11.9 Å². The number of aromatic nitrogens is 4. The van der Waals surface area contributed by atoms with E-state index in [4.69, 9.17) is 0 Å². The molecule has 0 saturated carbocycles. The summed E-state index contributed by atoms with van der Waals surface area (Å²) >= 11 is 0. The molecule has 0 aromatic carbocycles. The molecule has 0 spiro atoms. The summed E-state index contributed by atoms with van der Waals surface area (Å²) < 4.78 is 0. The topological polar surface area (TPSA) is 115 Å². The van der Waals surface area contributed by atoms with Gasteiger partial charge in [0.1, 0.15) is 11.7 Å². The fourth-order valence-electron chi connectivity index (χ4n) is 2.34. The average molecular weight is 275 g/mol. The van der Waals surface area contributed by atoms with Gasteiger partial charge in [-0.1, -0.05) is 0 Å². The number of rotatable bonds is 2. The average Bonchev–Trinajstić information content (AvgIpc) is 3.04. The zero-order chi connectivity index (χ0) is 14.3. The van der Waals surface area contributed by atoms with Crippen LogP contribution in [0.4, 0.5) is 0 Å². The van der Waals surface area contributed by atoms with Crippen molar-refractivity contribution in [1.29, 1.82) is 0 Å². The standard InChI is InChI=1S/C12H13N5O3/c1-6-2-8(16-15-6)11(18)17-4-9-7(13-5-14-9)3-10(17)12(19)20/h2,5,10H,3-4H2,1H3,(H,13,14)(H,15,16)(H,19,20). The highest BCUT2D eigenvalue weighted by Crippen LogP contribution is 2.22. The van der Waals surface area contributed by atoms with Gasteiger partial charge in [-0.2, -0.15) is 5.10 Å². The summed E-state index contributed by atoms with van der Waals surface area (Å²) in [6, 6.07) is 0.680. The van der Waals surface area contributed by atoms with E-state index in [1.54, 1.807) is 13.0 Å². The Morgan fingerprint density at radius 2 is 2.30 bits per heavy atom. The molecule has 104 valence electrons. The van der Waals surface area contributed by atoms with Crippen LogP contribution in [-0.4, -0.2) is 48.1 Å². The van der Waals surface area contributed by atoms with Crippen LogP contribution in [0.25, 0.3) is 0 Å². The van der Waals surface area contributed by atoms with Crippen molar-refractivity contribution in [3.05, 3.63) is 35.2 Å². The van der Waals surface area contributed by atoms with E-state index in [-0.39, 0.29) is 18.7 Å². The van der Waals surface area contributed by atoms with E-state index >= 15 is 0 Å². The summed E-state index contributed by atoms with van der Waals surface area (Å²) in [5.74, 6) is -1.44. The van der Waals surface area contributed by atoms with E-state index in [2.05, 4.69) is 20.2 Å².